The van der Waals surface area contributed by atoms with Crippen LogP contribution in [0.3, 0.4) is 0 Å². The summed E-state index contributed by atoms with van der Waals surface area (Å²) < 4.78 is 6.99. The van der Waals surface area contributed by atoms with E-state index < -0.39 is 6.04 Å². The first-order chi connectivity index (χ1) is 15.9. The van der Waals surface area contributed by atoms with Crippen molar-refractivity contribution in [3.8, 4) is 5.75 Å². The first-order valence-corrected chi connectivity index (χ1v) is 11.4. The number of nitrogens with zero attached hydrogens (tertiary/aromatic N) is 3. The lowest BCUT2D eigenvalue weighted by molar-refractivity contribution is -0.113. The van der Waals surface area contributed by atoms with Crippen molar-refractivity contribution in [2.24, 2.45) is 0 Å². The maximum Gasteiger partial charge on any atom is 0.251 e. The van der Waals surface area contributed by atoms with Crippen molar-refractivity contribution in [3.05, 3.63) is 77.6 Å². The lowest BCUT2D eigenvalue weighted by Gasteiger charge is -2.15. The number of thioether (sulfide) groups is 1. The van der Waals surface area contributed by atoms with Crippen molar-refractivity contribution >= 4 is 40.9 Å². The highest BCUT2D eigenvalue weighted by Crippen LogP contribution is 2.22. The molecule has 0 saturated carbocycles. The Labute approximate surface area is 201 Å². The number of hydrogen-bond acceptors (Lipinski definition) is 6. The van der Waals surface area contributed by atoms with Crippen molar-refractivity contribution in [2.45, 2.75) is 24.7 Å². The molecule has 0 aliphatic rings. The molecule has 0 fully saturated rings. The average Bonchev–Trinajstić information content (AvgIpc) is 3.20. The summed E-state index contributed by atoms with van der Waals surface area (Å²) in [5.41, 5.74) is 1.10. The quantitative estimate of drug-likeness (QED) is 0.327. The number of rotatable bonds is 10. The van der Waals surface area contributed by atoms with Crippen LogP contribution in [0.5, 0.6) is 5.75 Å². The monoisotopic (exact) mass is 485 g/mol. The van der Waals surface area contributed by atoms with Crippen molar-refractivity contribution in [1.82, 2.24) is 20.1 Å². The molecule has 33 heavy (non-hydrogen) atoms. The summed E-state index contributed by atoms with van der Waals surface area (Å²) in [6.07, 6.45) is 1.71. The van der Waals surface area contributed by atoms with Gasteiger partial charge >= 0.3 is 0 Å². The van der Waals surface area contributed by atoms with Gasteiger partial charge in [-0.2, -0.15) is 0 Å². The summed E-state index contributed by atoms with van der Waals surface area (Å²) in [4.78, 5) is 25.0. The molecule has 2 N–H and O–H groups in total. The number of benzene rings is 2. The fourth-order valence-electron chi connectivity index (χ4n) is 3.03. The van der Waals surface area contributed by atoms with Crippen LogP contribution in [0, 0.1) is 0 Å². The molecule has 3 aromatic rings. The van der Waals surface area contributed by atoms with E-state index in [-0.39, 0.29) is 17.6 Å². The van der Waals surface area contributed by atoms with Crippen LogP contribution in [-0.2, 0) is 11.3 Å². The van der Waals surface area contributed by atoms with E-state index in [1.165, 1.54) is 11.8 Å². The van der Waals surface area contributed by atoms with Gasteiger partial charge in [0.25, 0.3) is 5.91 Å². The van der Waals surface area contributed by atoms with E-state index in [9.17, 15) is 9.59 Å². The Morgan fingerprint density at radius 2 is 2.03 bits per heavy atom. The van der Waals surface area contributed by atoms with E-state index in [0.29, 0.717) is 39.5 Å². The number of aromatic nitrogens is 3. The topological polar surface area (TPSA) is 98.1 Å². The zero-order valence-corrected chi connectivity index (χ0v) is 19.8. The second-order valence-electron chi connectivity index (χ2n) is 7.01. The van der Waals surface area contributed by atoms with Crippen molar-refractivity contribution < 1.29 is 14.3 Å². The minimum atomic E-state index is -0.427. The number of halogens is 1. The molecule has 0 aliphatic carbocycles. The van der Waals surface area contributed by atoms with Crippen molar-refractivity contribution in [3.63, 3.8) is 0 Å². The Morgan fingerprint density at radius 3 is 2.76 bits per heavy atom. The van der Waals surface area contributed by atoms with Gasteiger partial charge in [-0.1, -0.05) is 41.6 Å². The Hall–Kier alpha value is -3.30. The Kier molecular flexibility index (Phi) is 8.51. The van der Waals surface area contributed by atoms with E-state index >= 15 is 0 Å². The van der Waals surface area contributed by atoms with E-state index in [0.717, 1.165) is 0 Å². The van der Waals surface area contributed by atoms with Crippen molar-refractivity contribution in [1.29, 1.82) is 0 Å². The fourth-order valence-corrected chi connectivity index (χ4v) is 3.98. The highest BCUT2D eigenvalue weighted by Gasteiger charge is 2.20. The number of hydrogen-bond donors (Lipinski definition) is 2. The number of carbonyl (C=O) groups excluding carboxylic acids is 2. The zero-order chi connectivity index (χ0) is 23.8. The molecule has 1 atom stereocenters. The lowest BCUT2D eigenvalue weighted by atomic mass is 10.2. The van der Waals surface area contributed by atoms with Crippen LogP contribution in [-0.4, -0.2) is 39.4 Å². The van der Waals surface area contributed by atoms with Crippen molar-refractivity contribution in [2.75, 3.05) is 18.2 Å². The van der Waals surface area contributed by atoms with Gasteiger partial charge in [-0.05, 0) is 37.3 Å². The smallest absolute Gasteiger partial charge is 0.251 e. The summed E-state index contributed by atoms with van der Waals surface area (Å²) in [5.74, 6) is 0.885. The molecule has 2 aromatic carbocycles. The Balaban J connectivity index is 1.66. The van der Waals surface area contributed by atoms with Gasteiger partial charge in [-0.15, -0.1) is 16.8 Å². The van der Waals surface area contributed by atoms with E-state index in [2.05, 4.69) is 27.4 Å². The zero-order valence-electron chi connectivity index (χ0n) is 18.2. The molecule has 0 radical (unpaired) electrons. The SMILES string of the molecule is C=CCn1c(SCC(=O)Nc2cccc(OC)c2)nnc1C(C)NC(=O)c1cccc(Cl)c1. The van der Waals surface area contributed by atoms with E-state index in [4.69, 9.17) is 16.3 Å². The largest absolute Gasteiger partial charge is 0.497 e. The summed E-state index contributed by atoms with van der Waals surface area (Å²) in [6, 6.07) is 13.4. The van der Waals surface area contributed by atoms with Crippen LogP contribution in [0.2, 0.25) is 5.02 Å². The number of amides is 2. The Bertz CT molecular complexity index is 1150. The van der Waals surface area contributed by atoms with Gasteiger partial charge in [0.05, 0.1) is 18.9 Å². The molecular formula is C23H24ClN5O3S. The van der Waals surface area contributed by atoms with Gasteiger partial charge in [0.15, 0.2) is 11.0 Å². The summed E-state index contributed by atoms with van der Waals surface area (Å²) in [6.45, 7) is 6.03. The van der Waals surface area contributed by atoms with Gasteiger partial charge in [-0.25, -0.2) is 0 Å². The predicted molar refractivity (Wildman–Crippen MR) is 130 cm³/mol. The van der Waals surface area contributed by atoms with Crippen LogP contribution in [0.15, 0.2) is 66.3 Å². The normalized spacial score (nSPS) is 11.5. The first kappa shape index (κ1) is 24.3. The number of carbonyl (C=O) groups is 2. The Morgan fingerprint density at radius 1 is 1.24 bits per heavy atom. The molecule has 0 saturated heterocycles. The van der Waals surface area contributed by atoms with Crippen LogP contribution in [0.1, 0.15) is 29.1 Å². The van der Waals surface area contributed by atoms with Crippen LogP contribution < -0.4 is 15.4 Å². The molecule has 0 bridgehead atoms. The maximum absolute atomic E-state index is 12.6. The molecule has 0 spiro atoms. The molecular weight excluding hydrogens is 462 g/mol. The van der Waals surface area contributed by atoms with Gasteiger partial charge in [0, 0.05) is 28.9 Å². The number of methoxy groups -OCH3 is 1. The van der Waals surface area contributed by atoms with Gasteiger partial charge in [0.1, 0.15) is 5.75 Å². The average molecular weight is 486 g/mol. The van der Waals surface area contributed by atoms with Gasteiger partial charge < -0.3 is 19.9 Å². The predicted octanol–water partition coefficient (Wildman–Crippen LogP) is 4.35. The molecule has 10 heteroatoms. The lowest BCUT2D eigenvalue weighted by Crippen LogP contribution is -2.28. The number of nitrogens with one attached hydrogen (secondary N) is 2. The first-order valence-electron chi connectivity index (χ1n) is 10.1. The second kappa shape index (κ2) is 11.5. The summed E-state index contributed by atoms with van der Waals surface area (Å²) >= 11 is 7.23. The summed E-state index contributed by atoms with van der Waals surface area (Å²) in [7, 11) is 1.57. The number of allylic oxidation sites excluding steroid dienone is 1. The van der Waals surface area contributed by atoms with Crippen LogP contribution >= 0.6 is 23.4 Å². The third-order valence-electron chi connectivity index (χ3n) is 4.56. The molecule has 3 rings (SSSR count). The third kappa shape index (κ3) is 6.59. The molecule has 1 unspecified atom stereocenters. The standard InChI is InChI=1S/C23H24ClN5O3S/c1-4-11-29-21(15(2)25-22(31)16-7-5-8-17(24)12-16)27-28-23(29)33-14-20(30)26-18-9-6-10-19(13-18)32-3/h4-10,12-13,15H,1,11,14H2,2-3H3,(H,25,31)(H,26,30). The second-order valence-corrected chi connectivity index (χ2v) is 8.39. The maximum atomic E-state index is 12.6. The van der Waals surface area contributed by atoms with E-state index in [1.807, 2.05) is 11.5 Å². The minimum Gasteiger partial charge on any atom is -0.497 e. The van der Waals surface area contributed by atoms with E-state index in [1.54, 1.807) is 61.7 Å². The fraction of sp³-hybridized carbons (Fsp3) is 0.217. The van der Waals surface area contributed by atoms with Crippen LogP contribution in [0.4, 0.5) is 5.69 Å². The minimum absolute atomic E-state index is 0.135. The molecule has 2 amide bonds. The molecule has 8 nitrogen and oxygen atoms in total. The van der Waals surface area contributed by atoms with Gasteiger partial charge in [0.2, 0.25) is 5.91 Å². The highest BCUT2D eigenvalue weighted by atomic mass is 35.5. The van der Waals surface area contributed by atoms with Gasteiger partial charge in [-0.3, -0.25) is 9.59 Å². The molecule has 0 aliphatic heterocycles. The molecule has 172 valence electrons. The third-order valence-corrected chi connectivity index (χ3v) is 5.77. The number of anilines is 1. The number of ether oxygens (including phenoxy) is 1. The van der Waals surface area contributed by atoms with Crippen LogP contribution in [0.25, 0.3) is 0 Å². The molecule has 1 heterocycles. The highest BCUT2D eigenvalue weighted by molar-refractivity contribution is 7.99. The molecule has 1 aromatic heterocycles. The summed E-state index contributed by atoms with van der Waals surface area (Å²) in [5, 5.41) is 15.2.